The molecule has 0 bridgehead atoms. The summed E-state index contributed by atoms with van der Waals surface area (Å²) in [6.07, 6.45) is 7.03. The van der Waals surface area contributed by atoms with E-state index in [-0.39, 0.29) is 24.3 Å². The third kappa shape index (κ3) is 4.15. The van der Waals surface area contributed by atoms with Crippen LogP contribution in [-0.4, -0.2) is 58.9 Å². The molecule has 29 heavy (non-hydrogen) atoms. The van der Waals surface area contributed by atoms with Gasteiger partial charge >= 0.3 is 0 Å². The molecule has 7 heteroatoms. The predicted molar refractivity (Wildman–Crippen MR) is 112 cm³/mol. The Bertz CT molecular complexity index is 847. The van der Waals surface area contributed by atoms with Crippen molar-refractivity contribution in [2.75, 3.05) is 36.0 Å². The van der Waals surface area contributed by atoms with Gasteiger partial charge in [0.2, 0.25) is 11.9 Å². The molecule has 2 aliphatic rings. The topological polar surface area (TPSA) is 69.6 Å². The maximum absolute atomic E-state index is 13.0. The van der Waals surface area contributed by atoms with Gasteiger partial charge in [0.25, 0.3) is 5.91 Å². The molecule has 0 radical (unpaired) electrons. The highest BCUT2D eigenvalue weighted by atomic mass is 16.2. The first-order valence-electron chi connectivity index (χ1n) is 10.4. The van der Waals surface area contributed by atoms with Crippen molar-refractivity contribution in [1.29, 1.82) is 0 Å². The second kappa shape index (κ2) is 8.69. The number of imide groups is 1. The van der Waals surface area contributed by atoms with Gasteiger partial charge in [0.1, 0.15) is 0 Å². The zero-order valence-corrected chi connectivity index (χ0v) is 16.8. The van der Waals surface area contributed by atoms with Crippen LogP contribution in [0.15, 0.2) is 42.7 Å². The normalized spacial score (nSPS) is 20.5. The summed E-state index contributed by atoms with van der Waals surface area (Å²) in [4.78, 5) is 39.9. The number of anilines is 2. The molecule has 0 N–H and O–H groups in total. The lowest BCUT2D eigenvalue weighted by atomic mass is 10.1. The molecule has 0 spiro atoms. The quantitative estimate of drug-likeness (QED) is 0.702. The van der Waals surface area contributed by atoms with Gasteiger partial charge in [0.05, 0.1) is 18.2 Å². The molecule has 2 fully saturated rings. The Kier molecular flexibility index (Phi) is 5.85. The molecule has 0 saturated carbocycles. The monoisotopic (exact) mass is 393 g/mol. The Morgan fingerprint density at radius 3 is 2.34 bits per heavy atom. The average Bonchev–Trinajstić information content (AvgIpc) is 3.07. The standard InChI is InChI=1S/C22H27N5O2/c1-2-3-5-17-6-8-18(9-7-17)27-20(28)16-19(21(27)29)25-12-14-26(15-13-25)22-23-10-4-11-24-22/h4,6-11,19H,2-3,5,12-16H2,1H3. The third-order valence-electron chi connectivity index (χ3n) is 5.73. The number of carbonyl (C=O) groups is 2. The Labute approximate surface area is 171 Å². The highest BCUT2D eigenvalue weighted by Crippen LogP contribution is 2.27. The number of hydrogen-bond donors (Lipinski definition) is 0. The molecule has 1 aromatic carbocycles. The largest absolute Gasteiger partial charge is 0.338 e. The molecular formula is C22H27N5O2. The van der Waals surface area contributed by atoms with E-state index in [1.165, 1.54) is 10.5 Å². The van der Waals surface area contributed by atoms with Crippen molar-refractivity contribution in [1.82, 2.24) is 14.9 Å². The van der Waals surface area contributed by atoms with Gasteiger partial charge < -0.3 is 4.90 Å². The highest BCUT2D eigenvalue weighted by Gasteiger charge is 2.43. The summed E-state index contributed by atoms with van der Waals surface area (Å²) in [7, 11) is 0. The van der Waals surface area contributed by atoms with E-state index < -0.39 is 0 Å². The zero-order chi connectivity index (χ0) is 20.2. The minimum absolute atomic E-state index is 0.110. The van der Waals surface area contributed by atoms with Crippen molar-refractivity contribution in [3.05, 3.63) is 48.3 Å². The van der Waals surface area contributed by atoms with E-state index in [0.29, 0.717) is 24.7 Å². The van der Waals surface area contributed by atoms with Crippen LogP contribution in [0.1, 0.15) is 31.7 Å². The smallest absolute Gasteiger partial charge is 0.251 e. The van der Waals surface area contributed by atoms with Gasteiger partial charge in [0.15, 0.2) is 0 Å². The van der Waals surface area contributed by atoms with Crippen molar-refractivity contribution in [2.24, 2.45) is 0 Å². The number of benzene rings is 1. The van der Waals surface area contributed by atoms with E-state index in [0.717, 1.165) is 32.4 Å². The SMILES string of the molecule is CCCCc1ccc(N2C(=O)CC(N3CCN(c4ncccn4)CC3)C2=O)cc1. The molecule has 2 aliphatic heterocycles. The molecule has 2 amide bonds. The molecule has 2 saturated heterocycles. The second-order valence-electron chi connectivity index (χ2n) is 7.63. The molecule has 2 aromatic rings. The Hall–Kier alpha value is -2.80. The first-order chi connectivity index (χ1) is 14.2. The van der Waals surface area contributed by atoms with Crippen LogP contribution in [0.3, 0.4) is 0 Å². The van der Waals surface area contributed by atoms with E-state index in [4.69, 9.17) is 0 Å². The summed E-state index contributed by atoms with van der Waals surface area (Å²) < 4.78 is 0. The van der Waals surface area contributed by atoms with Crippen LogP contribution in [0.25, 0.3) is 0 Å². The number of unbranched alkanes of at least 4 members (excludes halogenated alkanes) is 1. The summed E-state index contributed by atoms with van der Waals surface area (Å²) in [6.45, 7) is 5.09. The fourth-order valence-corrected chi connectivity index (χ4v) is 4.05. The maximum atomic E-state index is 13.0. The van der Waals surface area contributed by atoms with Gasteiger partial charge in [-0.25, -0.2) is 14.9 Å². The minimum atomic E-state index is -0.374. The predicted octanol–water partition coefficient (Wildman–Crippen LogP) is 2.27. The van der Waals surface area contributed by atoms with Gasteiger partial charge in [0, 0.05) is 38.6 Å². The van der Waals surface area contributed by atoms with Crippen molar-refractivity contribution < 1.29 is 9.59 Å². The van der Waals surface area contributed by atoms with Crippen LogP contribution >= 0.6 is 0 Å². The van der Waals surface area contributed by atoms with Crippen LogP contribution in [0.5, 0.6) is 0 Å². The number of nitrogens with zero attached hydrogens (tertiary/aromatic N) is 5. The first kappa shape index (κ1) is 19.5. The molecule has 3 heterocycles. The number of carbonyl (C=O) groups excluding carboxylic acids is 2. The number of rotatable bonds is 6. The summed E-state index contributed by atoms with van der Waals surface area (Å²) >= 11 is 0. The Morgan fingerprint density at radius 1 is 1.00 bits per heavy atom. The van der Waals surface area contributed by atoms with Gasteiger partial charge in [-0.05, 0) is 36.6 Å². The Balaban J connectivity index is 1.39. The van der Waals surface area contributed by atoms with Crippen LogP contribution in [0, 0.1) is 0 Å². The van der Waals surface area contributed by atoms with Gasteiger partial charge in [-0.1, -0.05) is 25.5 Å². The van der Waals surface area contributed by atoms with Crippen LogP contribution in [0.2, 0.25) is 0 Å². The zero-order valence-electron chi connectivity index (χ0n) is 16.8. The van der Waals surface area contributed by atoms with Crippen molar-refractivity contribution in [2.45, 2.75) is 38.6 Å². The third-order valence-corrected chi connectivity index (χ3v) is 5.73. The number of piperazine rings is 1. The van der Waals surface area contributed by atoms with Crippen molar-refractivity contribution in [3.63, 3.8) is 0 Å². The number of aryl methyl sites for hydroxylation is 1. The summed E-state index contributed by atoms with van der Waals surface area (Å²) in [5.41, 5.74) is 1.92. The fourth-order valence-electron chi connectivity index (χ4n) is 4.05. The summed E-state index contributed by atoms with van der Waals surface area (Å²) in [5.74, 6) is 0.488. The van der Waals surface area contributed by atoms with Crippen LogP contribution in [-0.2, 0) is 16.0 Å². The lowest BCUT2D eigenvalue weighted by molar-refractivity contribution is -0.123. The van der Waals surface area contributed by atoms with E-state index >= 15 is 0 Å². The summed E-state index contributed by atoms with van der Waals surface area (Å²) in [6, 6.07) is 9.27. The lowest BCUT2D eigenvalue weighted by Crippen LogP contribution is -2.53. The number of aromatic nitrogens is 2. The van der Waals surface area contributed by atoms with Gasteiger partial charge in [-0.2, -0.15) is 0 Å². The average molecular weight is 393 g/mol. The fraction of sp³-hybridized carbons (Fsp3) is 0.455. The second-order valence-corrected chi connectivity index (χ2v) is 7.63. The number of hydrogen-bond acceptors (Lipinski definition) is 6. The maximum Gasteiger partial charge on any atom is 0.251 e. The highest BCUT2D eigenvalue weighted by molar-refractivity contribution is 6.22. The van der Waals surface area contributed by atoms with E-state index in [2.05, 4.69) is 26.7 Å². The minimum Gasteiger partial charge on any atom is -0.338 e. The first-order valence-corrected chi connectivity index (χ1v) is 10.4. The van der Waals surface area contributed by atoms with E-state index in [1.807, 2.05) is 24.3 Å². The molecule has 1 aromatic heterocycles. The Morgan fingerprint density at radius 2 is 1.69 bits per heavy atom. The molecule has 7 nitrogen and oxygen atoms in total. The summed E-state index contributed by atoms with van der Waals surface area (Å²) in [5, 5.41) is 0. The van der Waals surface area contributed by atoms with Crippen molar-refractivity contribution in [3.8, 4) is 0 Å². The molecule has 0 aliphatic carbocycles. The van der Waals surface area contributed by atoms with Crippen LogP contribution < -0.4 is 9.80 Å². The van der Waals surface area contributed by atoms with Crippen LogP contribution in [0.4, 0.5) is 11.6 Å². The van der Waals surface area contributed by atoms with E-state index in [1.54, 1.807) is 18.5 Å². The van der Waals surface area contributed by atoms with Crippen molar-refractivity contribution >= 4 is 23.5 Å². The molecule has 1 unspecified atom stereocenters. The lowest BCUT2D eigenvalue weighted by Gasteiger charge is -2.36. The molecular weight excluding hydrogens is 366 g/mol. The van der Waals surface area contributed by atoms with Gasteiger partial charge in [-0.3, -0.25) is 14.5 Å². The number of amides is 2. The molecule has 152 valence electrons. The molecule has 4 rings (SSSR count). The molecule has 1 atom stereocenters. The van der Waals surface area contributed by atoms with Gasteiger partial charge in [-0.15, -0.1) is 0 Å². The van der Waals surface area contributed by atoms with E-state index in [9.17, 15) is 9.59 Å².